The molecule has 1 atom stereocenters. The number of furan rings is 1. The fourth-order valence-electron chi connectivity index (χ4n) is 1.80. The van der Waals surface area contributed by atoms with Crippen LogP contribution < -0.4 is 0 Å². The van der Waals surface area contributed by atoms with Gasteiger partial charge in [0.1, 0.15) is 0 Å². The predicted molar refractivity (Wildman–Crippen MR) is 81.4 cm³/mol. The Labute approximate surface area is 125 Å². The molecule has 0 aliphatic carbocycles. The number of benzene rings is 1. The highest BCUT2D eigenvalue weighted by Gasteiger charge is 2.16. The van der Waals surface area contributed by atoms with Gasteiger partial charge in [-0.25, -0.2) is 4.98 Å². The van der Waals surface area contributed by atoms with Crippen LogP contribution in [0.3, 0.4) is 0 Å². The van der Waals surface area contributed by atoms with Crippen molar-refractivity contribution in [2.45, 2.75) is 11.2 Å². The average Bonchev–Trinajstić information content (AvgIpc) is 2.94. The first-order valence-corrected chi connectivity index (χ1v) is 7.98. The lowest BCUT2D eigenvalue weighted by Gasteiger charge is -2.04. The molecule has 2 heterocycles. The maximum Gasteiger partial charge on any atom is 0.173 e. The first-order chi connectivity index (χ1) is 8.74. The maximum atomic E-state index is 5.25. The summed E-state index contributed by atoms with van der Waals surface area (Å²) in [7, 11) is 0. The van der Waals surface area contributed by atoms with Crippen LogP contribution >= 0.6 is 43.2 Å². The van der Waals surface area contributed by atoms with E-state index < -0.39 is 0 Å². The van der Waals surface area contributed by atoms with Crippen LogP contribution in [0.1, 0.15) is 15.4 Å². The van der Waals surface area contributed by atoms with Crippen molar-refractivity contribution >= 4 is 53.4 Å². The van der Waals surface area contributed by atoms with Crippen LogP contribution in [0, 0.1) is 0 Å². The van der Waals surface area contributed by atoms with Gasteiger partial charge in [0.25, 0.3) is 0 Å². The van der Waals surface area contributed by atoms with Crippen LogP contribution in [-0.4, -0.2) is 4.98 Å². The summed E-state index contributed by atoms with van der Waals surface area (Å²) in [5.41, 5.74) is 2.19. The number of rotatable bonds is 3. The second-order valence-electron chi connectivity index (χ2n) is 3.90. The van der Waals surface area contributed by atoms with E-state index in [1.54, 1.807) is 17.6 Å². The van der Waals surface area contributed by atoms with E-state index in [1.807, 2.05) is 24.3 Å². The van der Waals surface area contributed by atoms with E-state index >= 15 is 0 Å². The minimum Gasteiger partial charge on any atom is -0.457 e. The number of hydrogen-bond acceptors (Lipinski definition) is 3. The third kappa shape index (κ3) is 2.39. The van der Waals surface area contributed by atoms with Gasteiger partial charge in [-0.05, 0) is 34.1 Å². The third-order valence-corrected chi connectivity index (χ3v) is 5.20. The fraction of sp³-hybridized carbons (Fsp3) is 0.154. The molecule has 18 heavy (non-hydrogen) atoms. The second-order valence-corrected chi connectivity index (χ2v) is 6.84. The largest absolute Gasteiger partial charge is 0.457 e. The summed E-state index contributed by atoms with van der Waals surface area (Å²) in [4.78, 5) is 4.85. The number of para-hydroxylation sites is 1. The van der Waals surface area contributed by atoms with Gasteiger partial charge < -0.3 is 4.42 Å². The van der Waals surface area contributed by atoms with E-state index in [9.17, 15) is 0 Å². The molecule has 3 aromatic rings. The van der Waals surface area contributed by atoms with Crippen molar-refractivity contribution in [3.05, 3.63) is 51.8 Å². The molecule has 0 N–H and O–H groups in total. The first kappa shape index (κ1) is 12.4. The zero-order chi connectivity index (χ0) is 12.5. The Morgan fingerprint density at radius 1 is 1.28 bits per heavy atom. The van der Waals surface area contributed by atoms with E-state index in [0.717, 1.165) is 27.2 Å². The molecule has 0 saturated carbocycles. The number of fused-ring (bicyclic) bond motifs is 1. The molecule has 0 spiro atoms. The molecule has 2 nitrogen and oxygen atoms in total. The topological polar surface area (TPSA) is 26.0 Å². The quantitative estimate of drug-likeness (QED) is 0.568. The van der Waals surface area contributed by atoms with Crippen LogP contribution in [0.2, 0.25) is 0 Å². The smallest absolute Gasteiger partial charge is 0.173 e. The van der Waals surface area contributed by atoms with Crippen molar-refractivity contribution in [3.63, 3.8) is 0 Å². The van der Waals surface area contributed by atoms with Gasteiger partial charge in [-0.15, -0.1) is 11.3 Å². The Morgan fingerprint density at radius 3 is 2.83 bits per heavy atom. The minimum atomic E-state index is 0.214. The summed E-state index contributed by atoms with van der Waals surface area (Å²) in [6.07, 6.45) is 2.55. The molecule has 1 aromatic carbocycles. The van der Waals surface area contributed by atoms with E-state index in [0.29, 0.717) is 0 Å². The molecule has 0 amide bonds. The number of hydrogen-bond donors (Lipinski definition) is 0. The molecule has 0 aliphatic heterocycles. The van der Waals surface area contributed by atoms with Crippen LogP contribution in [0.25, 0.3) is 10.2 Å². The van der Waals surface area contributed by atoms with E-state index in [4.69, 9.17) is 4.42 Å². The summed E-state index contributed by atoms with van der Waals surface area (Å²) < 4.78 is 7.27. The maximum absolute atomic E-state index is 5.25. The summed E-state index contributed by atoms with van der Waals surface area (Å²) >= 11 is 8.83. The van der Waals surface area contributed by atoms with Crippen molar-refractivity contribution in [3.8, 4) is 0 Å². The number of nitrogens with zero attached hydrogens (tertiary/aromatic N) is 1. The van der Waals surface area contributed by atoms with Gasteiger partial charge in [0.15, 0.2) is 4.67 Å². The number of aromatic nitrogens is 1. The lowest BCUT2D eigenvalue weighted by Crippen LogP contribution is -1.93. The number of alkyl halides is 1. The summed E-state index contributed by atoms with van der Waals surface area (Å²) in [6.45, 7) is 0. The number of thiazole rings is 1. The van der Waals surface area contributed by atoms with E-state index in [-0.39, 0.29) is 4.83 Å². The molecule has 3 rings (SSSR count). The fourth-order valence-corrected chi connectivity index (χ4v) is 4.52. The molecular weight excluding hydrogens is 378 g/mol. The minimum absolute atomic E-state index is 0.214. The van der Waals surface area contributed by atoms with Crippen LogP contribution in [0.5, 0.6) is 0 Å². The van der Waals surface area contributed by atoms with E-state index in [2.05, 4.69) is 42.9 Å². The van der Waals surface area contributed by atoms with Gasteiger partial charge in [-0.3, -0.25) is 0 Å². The zero-order valence-corrected chi connectivity index (χ0v) is 13.3. The van der Waals surface area contributed by atoms with Crippen LogP contribution in [0.15, 0.2) is 45.7 Å². The Bertz CT molecular complexity index is 643. The van der Waals surface area contributed by atoms with E-state index in [1.165, 1.54) is 4.70 Å². The summed E-state index contributed by atoms with van der Waals surface area (Å²) in [6, 6.07) is 10.2. The Kier molecular flexibility index (Phi) is 3.54. The molecule has 2 aromatic heterocycles. The standard InChI is InChI=1S/C13H9Br2NOS/c14-9(8-5-6-17-13(8)15)7-12-16-10-3-1-2-4-11(10)18-12/h1-6,9H,7H2. The highest BCUT2D eigenvalue weighted by Crippen LogP contribution is 2.35. The first-order valence-electron chi connectivity index (χ1n) is 5.45. The summed E-state index contributed by atoms with van der Waals surface area (Å²) in [5.74, 6) is 0. The van der Waals surface area contributed by atoms with Gasteiger partial charge in [0, 0.05) is 12.0 Å². The molecule has 5 heteroatoms. The SMILES string of the molecule is Brc1occc1C(Br)Cc1nc2ccccc2s1. The molecule has 0 fully saturated rings. The van der Waals surface area contributed by atoms with Gasteiger partial charge in [-0.1, -0.05) is 28.1 Å². The highest BCUT2D eigenvalue weighted by molar-refractivity contribution is 9.10. The van der Waals surface area contributed by atoms with Crippen molar-refractivity contribution in [2.75, 3.05) is 0 Å². The van der Waals surface area contributed by atoms with Crippen molar-refractivity contribution < 1.29 is 4.42 Å². The summed E-state index contributed by atoms with van der Waals surface area (Å²) in [5, 5.41) is 1.13. The Hall–Kier alpha value is -0.650. The van der Waals surface area contributed by atoms with Gasteiger partial charge in [-0.2, -0.15) is 0 Å². The van der Waals surface area contributed by atoms with Crippen molar-refractivity contribution in [2.24, 2.45) is 0 Å². The Balaban J connectivity index is 1.86. The molecule has 0 bridgehead atoms. The van der Waals surface area contributed by atoms with Gasteiger partial charge in [0.05, 0.1) is 26.3 Å². The van der Waals surface area contributed by atoms with Gasteiger partial charge >= 0.3 is 0 Å². The third-order valence-electron chi connectivity index (χ3n) is 2.68. The Morgan fingerprint density at radius 2 is 2.11 bits per heavy atom. The second kappa shape index (κ2) is 5.15. The molecule has 0 radical (unpaired) electrons. The highest BCUT2D eigenvalue weighted by atomic mass is 79.9. The van der Waals surface area contributed by atoms with Crippen molar-refractivity contribution in [1.29, 1.82) is 0 Å². The van der Waals surface area contributed by atoms with Crippen LogP contribution in [0.4, 0.5) is 0 Å². The molecule has 1 unspecified atom stereocenters. The monoisotopic (exact) mass is 385 g/mol. The predicted octanol–water partition coefficient (Wildman–Crippen LogP) is 5.33. The van der Waals surface area contributed by atoms with Crippen LogP contribution in [-0.2, 0) is 6.42 Å². The average molecular weight is 387 g/mol. The molecule has 0 aliphatic rings. The van der Waals surface area contributed by atoms with Crippen molar-refractivity contribution in [1.82, 2.24) is 4.98 Å². The lowest BCUT2D eigenvalue weighted by atomic mass is 10.2. The van der Waals surface area contributed by atoms with Gasteiger partial charge in [0.2, 0.25) is 0 Å². The zero-order valence-electron chi connectivity index (χ0n) is 9.27. The molecule has 92 valence electrons. The lowest BCUT2D eigenvalue weighted by molar-refractivity contribution is 0.536. The molecular formula is C13H9Br2NOS. The number of halogens is 2. The molecule has 0 saturated heterocycles. The normalized spacial score (nSPS) is 13.0.